The molecule has 0 atom stereocenters. The topological polar surface area (TPSA) is 116 Å². The monoisotopic (exact) mass is 418 g/mol. The number of sulfonamides is 1. The van der Waals surface area contributed by atoms with Gasteiger partial charge in [-0.15, -0.1) is 0 Å². The molecule has 152 valence electrons. The third kappa shape index (κ3) is 4.98. The number of hydrogen-bond acceptors (Lipinski definition) is 5. The van der Waals surface area contributed by atoms with Gasteiger partial charge < -0.3 is 10.1 Å². The van der Waals surface area contributed by atoms with Crippen LogP contribution in [0.5, 0.6) is 5.75 Å². The van der Waals surface area contributed by atoms with Gasteiger partial charge in [0.05, 0.1) is 31.1 Å². The fourth-order valence-corrected chi connectivity index (χ4v) is 3.51. The molecule has 1 aromatic heterocycles. The first-order valence-corrected chi connectivity index (χ1v) is 10.2. The summed E-state index contributed by atoms with van der Waals surface area (Å²) >= 11 is 0. The van der Waals surface area contributed by atoms with E-state index in [4.69, 9.17) is 9.88 Å². The van der Waals surface area contributed by atoms with Gasteiger partial charge in [-0.05, 0) is 31.2 Å². The van der Waals surface area contributed by atoms with Crippen LogP contribution >= 0.6 is 0 Å². The predicted molar refractivity (Wildman–Crippen MR) is 105 cm³/mol. The van der Waals surface area contributed by atoms with Crippen LogP contribution in [0.2, 0.25) is 0 Å². The second kappa shape index (κ2) is 8.41. The normalized spacial score (nSPS) is 11.3. The molecule has 0 spiro atoms. The van der Waals surface area contributed by atoms with Crippen molar-refractivity contribution in [2.45, 2.75) is 18.2 Å². The van der Waals surface area contributed by atoms with E-state index in [-0.39, 0.29) is 28.6 Å². The standard InChI is InChI=1S/C19H19FN4O4S/c1-2-28-17-6-4-3-5-13(17)9-19(25)23-15-7-8-16(18(10-15)29(21,26)27)24-12-14(20)11-22-24/h3-8,10-12H,2,9H2,1H3,(H,23,25)(H2,21,26,27). The van der Waals surface area contributed by atoms with Gasteiger partial charge in [-0.25, -0.2) is 22.6 Å². The minimum atomic E-state index is -4.16. The third-order valence-electron chi connectivity index (χ3n) is 3.97. The Morgan fingerprint density at radius 3 is 2.69 bits per heavy atom. The number of carbonyl (C=O) groups is 1. The summed E-state index contributed by atoms with van der Waals surface area (Å²) in [6, 6.07) is 11.2. The number of amides is 1. The number of primary sulfonamides is 1. The van der Waals surface area contributed by atoms with Crippen LogP contribution in [0, 0.1) is 5.82 Å². The molecule has 0 unspecified atom stereocenters. The summed E-state index contributed by atoms with van der Waals surface area (Å²) in [7, 11) is -4.16. The van der Waals surface area contributed by atoms with Crippen LogP contribution in [0.15, 0.2) is 59.8 Å². The SMILES string of the molecule is CCOc1ccccc1CC(=O)Nc1ccc(-n2cc(F)cn2)c(S(N)(=O)=O)c1. The van der Waals surface area contributed by atoms with Crippen molar-refractivity contribution in [2.24, 2.45) is 5.14 Å². The Labute approximate surface area is 167 Å². The number of para-hydroxylation sites is 1. The second-order valence-electron chi connectivity index (χ2n) is 6.10. The highest BCUT2D eigenvalue weighted by Crippen LogP contribution is 2.24. The Kier molecular flexibility index (Phi) is 5.95. The molecule has 1 heterocycles. The van der Waals surface area contributed by atoms with E-state index in [1.165, 1.54) is 18.2 Å². The quantitative estimate of drug-likeness (QED) is 0.610. The fraction of sp³-hybridized carbons (Fsp3) is 0.158. The first-order valence-electron chi connectivity index (χ1n) is 8.66. The zero-order valence-corrected chi connectivity index (χ0v) is 16.3. The Hall–Kier alpha value is -3.24. The van der Waals surface area contributed by atoms with Crippen LogP contribution in [0.4, 0.5) is 10.1 Å². The molecule has 0 fully saturated rings. The van der Waals surface area contributed by atoms with Gasteiger partial charge in [-0.3, -0.25) is 4.79 Å². The Morgan fingerprint density at radius 1 is 1.28 bits per heavy atom. The van der Waals surface area contributed by atoms with Crippen molar-refractivity contribution >= 4 is 21.6 Å². The molecule has 0 radical (unpaired) electrons. The summed E-state index contributed by atoms with van der Waals surface area (Å²) in [6.45, 7) is 2.31. The molecule has 0 saturated heterocycles. The van der Waals surface area contributed by atoms with Gasteiger partial charge in [-0.2, -0.15) is 5.10 Å². The number of benzene rings is 2. The molecule has 2 aromatic carbocycles. The maximum Gasteiger partial charge on any atom is 0.240 e. The molecule has 3 aromatic rings. The molecule has 0 bridgehead atoms. The van der Waals surface area contributed by atoms with Gasteiger partial charge in [0.1, 0.15) is 10.6 Å². The summed E-state index contributed by atoms with van der Waals surface area (Å²) in [4.78, 5) is 12.1. The lowest BCUT2D eigenvalue weighted by Gasteiger charge is -2.12. The van der Waals surface area contributed by atoms with Gasteiger partial charge in [0.2, 0.25) is 15.9 Å². The summed E-state index contributed by atoms with van der Waals surface area (Å²) in [5.41, 5.74) is 0.988. The van der Waals surface area contributed by atoms with Gasteiger partial charge in [0, 0.05) is 11.3 Å². The highest BCUT2D eigenvalue weighted by molar-refractivity contribution is 7.89. The number of anilines is 1. The van der Waals surface area contributed by atoms with E-state index in [1.54, 1.807) is 18.2 Å². The number of nitrogens with zero attached hydrogens (tertiary/aromatic N) is 2. The van der Waals surface area contributed by atoms with Crippen LogP contribution in [0.1, 0.15) is 12.5 Å². The lowest BCUT2D eigenvalue weighted by molar-refractivity contribution is -0.115. The van der Waals surface area contributed by atoms with E-state index in [0.717, 1.165) is 17.1 Å². The van der Waals surface area contributed by atoms with Crippen LogP contribution in [-0.4, -0.2) is 30.7 Å². The predicted octanol–water partition coefficient (Wildman–Crippen LogP) is 2.24. The summed E-state index contributed by atoms with van der Waals surface area (Å²) in [5.74, 6) is -0.391. The summed E-state index contributed by atoms with van der Waals surface area (Å²) < 4.78 is 43.8. The molecule has 0 aliphatic carbocycles. The number of nitrogens with one attached hydrogen (secondary N) is 1. The number of halogens is 1. The van der Waals surface area contributed by atoms with E-state index in [2.05, 4.69) is 10.4 Å². The molecule has 1 amide bonds. The minimum Gasteiger partial charge on any atom is -0.494 e. The van der Waals surface area contributed by atoms with Crippen molar-refractivity contribution in [3.05, 3.63) is 66.2 Å². The van der Waals surface area contributed by atoms with Crippen LogP contribution < -0.4 is 15.2 Å². The third-order valence-corrected chi connectivity index (χ3v) is 4.91. The van der Waals surface area contributed by atoms with Crippen molar-refractivity contribution in [1.82, 2.24) is 9.78 Å². The molecule has 8 nitrogen and oxygen atoms in total. The number of carbonyl (C=O) groups excluding carboxylic acids is 1. The first kappa shape index (κ1) is 20.5. The molecule has 10 heteroatoms. The van der Waals surface area contributed by atoms with E-state index >= 15 is 0 Å². The van der Waals surface area contributed by atoms with E-state index in [1.807, 2.05) is 13.0 Å². The Morgan fingerprint density at radius 2 is 2.03 bits per heavy atom. The minimum absolute atomic E-state index is 0.0347. The van der Waals surface area contributed by atoms with Gasteiger partial charge in [0.15, 0.2) is 5.82 Å². The maximum atomic E-state index is 13.3. The maximum absolute atomic E-state index is 13.3. The molecule has 0 aliphatic heterocycles. The number of rotatable bonds is 7. The highest BCUT2D eigenvalue weighted by atomic mass is 32.2. The Balaban J connectivity index is 1.86. The van der Waals surface area contributed by atoms with Gasteiger partial charge in [-0.1, -0.05) is 18.2 Å². The lowest BCUT2D eigenvalue weighted by atomic mass is 10.1. The largest absolute Gasteiger partial charge is 0.494 e. The number of hydrogen-bond donors (Lipinski definition) is 2. The average molecular weight is 418 g/mol. The second-order valence-corrected chi connectivity index (χ2v) is 7.63. The van der Waals surface area contributed by atoms with Crippen LogP contribution in [-0.2, 0) is 21.2 Å². The van der Waals surface area contributed by atoms with Gasteiger partial charge in [0.25, 0.3) is 0 Å². The Bertz CT molecular complexity index is 1140. The lowest BCUT2D eigenvalue weighted by Crippen LogP contribution is -2.18. The van der Waals surface area contributed by atoms with E-state index < -0.39 is 15.8 Å². The van der Waals surface area contributed by atoms with E-state index in [0.29, 0.717) is 17.9 Å². The smallest absolute Gasteiger partial charge is 0.240 e. The summed E-state index contributed by atoms with van der Waals surface area (Å²) in [5, 5.41) is 11.7. The molecule has 0 aliphatic rings. The fourth-order valence-electron chi connectivity index (χ4n) is 2.77. The number of nitrogens with two attached hydrogens (primary N) is 1. The molecular formula is C19H19FN4O4S. The van der Waals surface area contributed by atoms with Crippen molar-refractivity contribution in [2.75, 3.05) is 11.9 Å². The number of ether oxygens (including phenoxy) is 1. The van der Waals surface area contributed by atoms with Crippen LogP contribution in [0.25, 0.3) is 5.69 Å². The van der Waals surface area contributed by atoms with Crippen molar-refractivity contribution in [1.29, 1.82) is 0 Å². The van der Waals surface area contributed by atoms with Crippen molar-refractivity contribution < 1.29 is 22.3 Å². The zero-order valence-electron chi connectivity index (χ0n) is 15.5. The van der Waals surface area contributed by atoms with Crippen molar-refractivity contribution in [3.8, 4) is 11.4 Å². The summed E-state index contributed by atoms with van der Waals surface area (Å²) in [6.07, 6.45) is 2.00. The van der Waals surface area contributed by atoms with Crippen molar-refractivity contribution in [3.63, 3.8) is 0 Å². The molecular weight excluding hydrogens is 399 g/mol. The number of aromatic nitrogens is 2. The molecule has 3 N–H and O–H groups in total. The average Bonchev–Trinajstić information content (AvgIpc) is 3.09. The van der Waals surface area contributed by atoms with Crippen LogP contribution in [0.3, 0.4) is 0 Å². The zero-order chi connectivity index (χ0) is 21.0. The molecule has 0 saturated carbocycles. The van der Waals surface area contributed by atoms with E-state index in [9.17, 15) is 17.6 Å². The molecule has 3 rings (SSSR count). The first-order chi connectivity index (χ1) is 13.8. The highest BCUT2D eigenvalue weighted by Gasteiger charge is 2.18. The molecule has 29 heavy (non-hydrogen) atoms. The van der Waals surface area contributed by atoms with Gasteiger partial charge >= 0.3 is 0 Å².